The fourth-order valence-corrected chi connectivity index (χ4v) is 3.21. The highest BCUT2D eigenvalue weighted by Gasteiger charge is 2.38. The number of aromatic amines is 1. The third-order valence-electron chi connectivity index (χ3n) is 3.63. The van der Waals surface area contributed by atoms with Crippen LogP contribution < -0.4 is 0 Å². The highest BCUT2D eigenvalue weighted by atomic mass is 32.3. The minimum atomic E-state index is -4.66. The van der Waals surface area contributed by atoms with Gasteiger partial charge in [-0.25, -0.2) is 4.98 Å². The zero-order valence-electron chi connectivity index (χ0n) is 11.1. The lowest BCUT2D eigenvalue weighted by atomic mass is 10.3. The number of benzene rings is 1. The number of rotatable bonds is 4. The summed E-state index contributed by atoms with van der Waals surface area (Å²) in [6.07, 6.45) is 0.193. The quantitative estimate of drug-likeness (QED) is 0.854. The molecule has 2 aromatic rings. The van der Waals surface area contributed by atoms with Gasteiger partial charge >= 0.3 is 10.2 Å². The number of hydrogen-bond donors (Lipinski definition) is 1. The van der Waals surface area contributed by atoms with Crippen molar-refractivity contribution in [2.24, 2.45) is 0 Å². The van der Waals surface area contributed by atoms with Crippen LogP contribution >= 0.6 is 0 Å². The number of para-hydroxylation sites is 2. The van der Waals surface area contributed by atoms with Crippen LogP contribution in [0.25, 0.3) is 11.0 Å². The molecule has 1 aliphatic rings. The molecule has 3 rings (SSSR count). The van der Waals surface area contributed by atoms with Gasteiger partial charge in [-0.15, -0.1) is 3.89 Å². The van der Waals surface area contributed by atoms with Gasteiger partial charge in [-0.1, -0.05) is 12.1 Å². The number of aromatic nitrogens is 2. The number of imidazole rings is 1. The predicted octanol–water partition coefficient (Wildman–Crippen LogP) is 1.01. The summed E-state index contributed by atoms with van der Waals surface area (Å²) in [5, 5.41) is -1.24. The zero-order chi connectivity index (χ0) is 15.0. The molecule has 6 nitrogen and oxygen atoms in total. The summed E-state index contributed by atoms with van der Waals surface area (Å²) < 4.78 is 34.6. The molecule has 1 fully saturated rings. The van der Waals surface area contributed by atoms with E-state index in [4.69, 9.17) is 0 Å². The Morgan fingerprint density at radius 1 is 1.38 bits per heavy atom. The van der Waals surface area contributed by atoms with E-state index < -0.39 is 15.5 Å². The number of likely N-dealkylation sites (tertiary alicyclic amines) is 1. The van der Waals surface area contributed by atoms with Gasteiger partial charge in [0.2, 0.25) is 5.91 Å². The minimum Gasteiger partial charge on any atom is -0.342 e. The number of hydrogen-bond acceptors (Lipinski definition) is 4. The molecule has 1 N–H and O–H groups in total. The molecule has 1 aliphatic heterocycles. The Kier molecular flexibility index (Phi) is 3.40. The van der Waals surface area contributed by atoms with Gasteiger partial charge in [0.25, 0.3) is 0 Å². The van der Waals surface area contributed by atoms with Crippen molar-refractivity contribution in [1.29, 1.82) is 0 Å². The van der Waals surface area contributed by atoms with Gasteiger partial charge in [0.05, 0.1) is 11.0 Å². The molecule has 1 aromatic heterocycles. The van der Waals surface area contributed by atoms with E-state index in [1.807, 2.05) is 24.3 Å². The van der Waals surface area contributed by atoms with Gasteiger partial charge in [-0.2, -0.15) is 8.42 Å². The lowest BCUT2D eigenvalue weighted by Gasteiger charge is -2.14. The number of carbonyl (C=O) groups excluding carboxylic acids is 1. The number of nitrogens with one attached hydrogen (secondary N) is 1. The van der Waals surface area contributed by atoms with Crippen molar-refractivity contribution in [2.45, 2.75) is 18.1 Å². The Hall–Kier alpha value is -1.96. The first kappa shape index (κ1) is 14.0. The van der Waals surface area contributed by atoms with Crippen molar-refractivity contribution in [1.82, 2.24) is 14.9 Å². The van der Waals surface area contributed by atoms with Crippen molar-refractivity contribution in [3.63, 3.8) is 0 Å². The van der Waals surface area contributed by atoms with Crippen molar-refractivity contribution >= 4 is 27.2 Å². The molecule has 1 unspecified atom stereocenters. The standard InChI is InChI=1S/C13H14FN3O3S/c14-21(19,20)9-7-13(18)17(8-9)6-5-12-15-10-3-1-2-4-11(10)16-12/h1-4,9H,5-8H2,(H,15,16). The zero-order valence-corrected chi connectivity index (χ0v) is 11.9. The third kappa shape index (κ3) is 2.90. The first-order chi connectivity index (χ1) is 9.93. The van der Waals surface area contributed by atoms with E-state index in [0.29, 0.717) is 13.0 Å². The Morgan fingerprint density at radius 2 is 2.14 bits per heavy atom. The van der Waals surface area contributed by atoms with E-state index in [1.54, 1.807) is 0 Å². The molecule has 112 valence electrons. The third-order valence-corrected chi connectivity index (χ3v) is 4.75. The normalized spacial score (nSPS) is 19.6. The van der Waals surface area contributed by atoms with Crippen LogP contribution in [0.4, 0.5) is 3.89 Å². The van der Waals surface area contributed by atoms with E-state index >= 15 is 0 Å². The van der Waals surface area contributed by atoms with E-state index in [0.717, 1.165) is 16.9 Å². The first-order valence-electron chi connectivity index (χ1n) is 6.58. The van der Waals surface area contributed by atoms with Gasteiger partial charge < -0.3 is 9.88 Å². The SMILES string of the molecule is O=C1CC(S(=O)(=O)F)CN1CCc1nc2ccccc2[nH]1. The molecule has 1 aromatic carbocycles. The molecule has 0 radical (unpaired) electrons. The molecular weight excluding hydrogens is 297 g/mol. The van der Waals surface area contributed by atoms with Crippen molar-refractivity contribution in [3.8, 4) is 0 Å². The Labute approximate surface area is 121 Å². The van der Waals surface area contributed by atoms with Gasteiger partial charge in [0, 0.05) is 25.9 Å². The molecule has 1 saturated heterocycles. The fraction of sp³-hybridized carbons (Fsp3) is 0.385. The number of carbonyl (C=O) groups is 1. The molecular formula is C13H14FN3O3S. The fourth-order valence-electron chi connectivity index (χ4n) is 2.51. The number of fused-ring (bicyclic) bond motifs is 1. The summed E-state index contributed by atoms with van der Waals surface area (Å²) in [5.41, 5.74) is 1.74. The molecule has 1 atom stereocenters. The predicted molar refractivity (Wildman–Crippen MR) is 74.8 cm³/mol. The lowest BCUT2D eigenvalue weighted by Crippen LogP contribution is -2.29. The minimum absolute atomic E-state index is 0.0854. The number of nitrogens with zero attached hydrogens (tertiary/aromatic N) is 2. The van der Waals surface area contributed by atoms with E-state index in [-0.39, 0.29) is 18.9 Å². The van der Waals surface area contributed by atoms with Crippen molar-refractivity contribution in [3.05, 3.63) is 30.1 Å². The summed E-state index contributed by atoms with van der Waals surface area (Å²) in [6, 6.07) is 7.55. The van der Waals surface area contributed by atoms with Crippen LogP contribution in [0.15, 0.2) is 24.3 Å². The smallest absolute Gasteiger partial charge is 0.307 e. The second-order valence-corrected chi connectivity index (χ2v) is 6.71. The van der Waals surface area contributed by atoms with Gasteiger partial charge in [0.15, 0.2) is 0 Å². The maximum Gasteiger partial charge on any atom is 0.307 e. The van der Waals surface area contributed by atoms with E-state index in [1.165, 1.54) is 4.90 Å². The number of halogens is 1. The Balaban J connectivity index is 1.66. The van der Waals surface area contributed by atoms with E-state index in [2.05, 4.69) is 9.97 Å². The summed E-state index contributed by atoms with van der Waals surface area (Å²) in [7, 11) is -4.66. The molecule has 2 heterocycles. The molecule has 0 saturated carbocycles. The molecule has 8 heteroatoms. The average molecular weight is 311 g/mol. The molecule has 21 heavy (non-hydrogen) atoms. The molecule has 0 spiro atoms. The van der Waals surface area contributed by atoms with Crippen LogP contribution in [0.1, 0.15) is 12.2 Å². The maximum atomic E-state index is 12.9. The topological polar surface area (TPSA) is 83.1 Å². The Morgan fingerprint density at radius 3 is 2.81 bits per heavy atom. The highest BCUT2D eigenvalue weighted by Crippen LogP contribution is 2.20. The number of amides is 1. The van der Waals surface area contributed by atoms with Crippen LogP contribution in [0.3, 0.4) is 0 Å². The molecule has 1 amide bonds. The van der Waals surface area contributed by atoms with Crippen molar-refractivity contribution in [2.75, 3.05) is 13.1 Å². The largest absolute Gasteiger partial charge is 0.342 e. The molecule has 0 aliphatic carbocycles. The van der Waals surface area contributed by atoms with Crippen LogP contribution in [0.5, 0.6) is 0 Å². The average Bonchev–Trinajstić information content (AvgIpc) is 2.98. The van der Waals surface area contributed by atoms with Crippen LogP contribution in [0, 0.1) is 0 Å². The summed E-state index contributed by atoms with van der Waals surface area (Å²) in [6.45, 7) is 0.239. The summed E-state index contributed by atoms with van der Waals surface area (Å²) in [4.78, 5) is 20.6. The summed E-state index contributed by atoms with van der Waals surface area (Å²) in [5.74, 6) is 0.382. The lowest BCUT2D eigenvalue weighted by molar-refractivity contribution is -0.127. The molecule has 0 bridgehead atoms. The van der Waals surface area contributed by atoms with Crippen molar-refractivity contribution < 1.29 is 17.1 Å². The van der Waals surface area contributed by atoms with Crippen LogP contribution in [0.2, 0.25) is 0 Å². The highest BCUT2D eigenvalue weighted by molar-refractivity contribution is 7.87. The second kappa shape index (κ2) is 5.10. The first-order valence-corrected chi connectivity index (χ1v) is 8.03. The van der Waals surface area contributed by atoms with Crippen LogP contribution in [-0.2, 0) is 21.4 Å². The van der Waals surface area contributed by atoms with Gasteiger partial charge in [-0.05, 0) is 12.1 Å². The van der Waals surface area contributed by atoms with Gasteiger partial charge in [-0.3, -0.25) is 4.79 Å². The number of H-pyrrole nitrogens is 1. The Bertz CT molecular complexity index is 754. The summed E-state index contributed by atoms with van der Waals surface area (Å²) >= 11 is 0. The monoisotopic (exact) mass is 311 g/mol. The van der Waals surface area contributed by atoms with Crippen LogP contribution in [-0.4, -0.2) is 47.5 Å². The maximum absolute atomic E-state index is 12.9. The van der Waals surface area contributed by atoms with Gasteiger partial charge in [0.1, 0.15) is 11.1 Å². The second-order valence-electron chi connectivity index (χ2n) is 5.09. The van der Waals surface area contributed by atoms with E-state index in [9.17, 15) is 17.1 Å².